The van der Waals surface area contributed by atoms with E-state index < -0.39 is 27.8 Å². The van der Waals surface area contributed by atoms with Crippen LogP contribution in [0.3, 0.4) is 0 Å². The molecule has 0 saturated heterocycles. The maximum Gasteiger partial charge on any atom is 0.242 e. The monoisotopic (exact) mass is 511 g/mol. The Balaban J connectivity index is 2.06. The van der Waals surface area contributed by atoms with E-state index in [1.54, 1.807) is 0 Å². The molecule has 0 bridgehead atoms. The molecule has 3 N–H and O–H groups in total. The molecule has 186 valence electrons. The number of carbonyl (C=O) groups is 2. The van der Waals surface area contributed by atoms with Crippen molar-refractivity contribution in [3.8, 4) is 0 Å². The normalized spacial score (nSPS) is 12.5. The van der Waals surface area contributed by atoms with E-state index in [1.807, 2.05) is 44.2 Å². The molecule has 1 atom stereocenters. The van der Waals surface area contributed by atoms with Crippen molar-refractivity contribution in [2.75, 3.05) is 13.1 Å². The molecule has 2 aromatic carbocycles. The summed E-state index contributed by atoms with van der Waals surface area (Å²) in [5, 5.41) is -0.226. The Morgan fingerprint density at radius 1 is 1.15 bits per heavy atom. The van der Waals surface area contributed by atoms with E-state index in [4.69, 9.17) is 17.3 Å². The molecule has 2 rings (SSSR count). The summed E-state index contributed by atoms with van der Waals surface area (Å²) < 4.78 is 40.7. The molecule has 0 radical (unpaired) electrons. The number of hydrogen-bond acceptors (Lipinski definition) is 4. The standard InChI is InChI=1S/C24H31ClFN3O4S/c1-17(2)15-21(24(27)31)29(23(30)12-9-18-7-4-3-5-8-18)14-6-13-28-34(32,33)22-11-10-19(26)16-20(22)25/h3-5,7-8,10-11,16-17,21,28H,6,9,12-15H2,1-2H3,(H2,27,31)/t21-/m0/s1. The number of nitrogens with one attached hydrogen (secondary N) is 1. The first kappa shape index (κ1) is 27.8. The third-order valence-corrected chi connectivity index (χ3v) is 7.19. The SMILES string of the molecule is CC(C)C[C@@H](C(N)=O)N(CCCNS(=O)(=O)c1ccc(F)cc1Cl)C(=O)CCc1ccccc1. The zero-order valence-electron chi connectivity index (χ0n) is 19.3. The molecule has 0 unspecified atom stereocenters. The van der Waals surface area contributed by atoms with Crippen LogP contribution in [0.25, 0.3) is 0 Å². The van der Waals surface area contributed by atoms with Crippen molar-refractivity contribution in [1.82, 2.24) is 9.62 Å². The van der Waals surface area contributed by atoms with Gasteiger partial charge in [-0.1, -0.05) is 55.8 Å². The van der Waals surface area contributed by atoms with Gasteiger partial charge in [-0.25, -0.2) is 17.5 Å². The van der Waals surface area contributed by atoms with Crippen molar-refractivity contribution in [3.63, 3.8) is 0 Å². The van der Waals surface area contributed by atoms with Crippen LogP contribution in [-0.4, -0.2) is 44.3 Å². The van der Waals surface area contributed by atoms with E-state index in [2.05, 4.69) is 4.72 Å². The van der Waals surface area contributed by atoms with Gasteiger partial charge in [-0.05, 0) is 48.9 Å². The minimum atomic E-state index is -3.97. The van der Waals surface area contributed by atoms with E-state index in [9.17, 15) is 22.4 Å². The number of nitrogens with two attached hydrogens (primary N) is 1. The second-order valence-electron chi connectivity index (χ2n) is 8.45. The van der Waals surface area contributed by atoms with E-state index in [0.29, 0.717) is 12.8 Å². The summed E-state index contributed by atoms with van der Waals surface area (Å²) in [6.45, 7) is 4.01. The van der Waals surface area contributed by atoms with Crippen LogP contribution in [0.5, 0.6) is 0 Å². The molecule has 0 fully saturated rings. The lowest BCUT2D eigenvalue weighted by molar-refractivity contribution is -0.140. The molecular weight excluding hydrogens is 481 g/mol. The van der Waals surface area contributed by atoms with Gasteiger partial charge in [-0.3, -0.25) is 9.59 Å². The van der Waals surface area contributed by atoms with Gasteiger partial charge in [0.1, 0.15) is 16.8 Å². The lowest BCUT2D eigenvalue weighted by Crippen LogP contribution is -2.49. The topological polar surface area (TPSA) is 110 Å². The third kappa shape index (κ3) is 8.38. The number of sulfonamides is 1. The molecule has 34 heavy (non-hydrogen) atoms. The number of hydrogen-bond donors (Lipinski definition) is 2. The van der Waals surface area contributed by atoms with Crippen molar-refractivity contribution in [2.45, 2.75) is 50.5 Å². The lowest BCUT2D eigenvalue weighted by Gasteiger charge is -2.31. The van der Waals surface area contributed by atoms with E-state index in [1.165, 1.54) is 4.90 Å². The van der Waals surface area contributed by atoms with E-state index in [0.717, 1.165) is 23.8 Å². The number of rotatable bonds is 13. The molecule has 0 spiro atoms. The predicted molar refractivity (Wildman–Crippen MR) is 130 cm³/mol. The molecule has 2 aromatic rings. The fourth-order valence-electron chi connectivity index (χ4n) is 3.56. The molecule has 0 aliphatic rings. The molecular formula is C24H31ClFN3O4S. The Bertz CT molecular complexity index is 1080. The molecule has 2 amide bonds. The zero-order chi connectivity index (χ0) is 25.3. The van der Waals surface area contributed by atoms with Crippen LogP contribution in [0.1, 0.15) is 38.7 Å². The summed E-state index contributed by atoms with van der Waals surface area (Å²) >= 11 is 5.87. The minimum Gasteiger partial charge on any atom is -0.368 e. The van der Waals surface area contributed by atoms with Crippen molar-refractivity contribution < 1.29 is 22.4 Å². The Labute approximate surface area is 205 Å². The van der Waals surface area contributed by atoms with Gasteiger partial charge in [0.05, 0.1) is 5.02 Å². The van der Waals surface area contributed by atoms with Crippen LogP contribution >= 0.6 is 11.6 Å². The minimum absolute atomic E-state index is 0.00827. The van der Waals surface area contributed by atoms with Gasteiger partial charge in [0, 0.05) is 19.5 Å². The number of benzene rings is 2. The zero-order valence-corrected chi connectivity index (χ0v) is 20.9. The number of amides is 2. The number of nitrogens with zero attached hydrogens (tertiary/aromatic N) is 1. The summed E-state index contributed by atoms with van der Waals surface area (Å²) in [6.07, 6.45) is 1.36. The van der Waals surface area contributed by atoms with Crippen LogP contribution in [-0.2, 0) is 26.0 Å². The number of aryl methyl sites for hydroxylation is 1. The molecule has 10 heteroatoms. The van der Waals surface area contributed by atoms with Gasteiger partial charge in [-0.15, -0.1) is 0 Å². The smallest absolute Gasteiger partial charge is 0.242 e. The highest BCUT2D eigenvalue weighted by Gasteiger charge is 2.28. The van der Waals surface area contributed by atoms with Crippen LogP contribution < -0.4 is 10.5 Å². The van der Waals surface area contributed by atoms with Crippen molar-refractivity contribution >= 4 is 33.4 Å². The summed E-state index contributed by atoms with van der Waals surface area (Å²) in [6, 6.07) is 11.8. The second-order valence-corrected chi connectivity index (χ2v) is 10.6. The van der Waals surface area contributed by atoms with Gasteiger partial charge >= 0.3 is 0 Å². The third-order valence-electron chi connectivity index (χ3n) is 5.24. The fraction of sp³-hybridized carbons (Fsp3) is 0.417. The molecule has 0 aliphatic carbocycles. The lowest BCUT2D eigenvalue weighted by atomic mass is 10.0. The van der Waals surface area contributed by atoms with Crippen molar-refractivity contribution in [3.05, 3.63) is 64.9 Å². The van der Waals surface area contributed by atoms with Crippen LogP contribution in [0.2, 0.25) is 5.02 Å². The van der Waals surface area contributed by atoms with E-state index in [-0.39, 0.29) is 47.7 Å². The highest BCUT2D eigenvalue weighted by atomic mass is 35.5. The fourth-order valence-corrected chi connectivity index (χ4v) is 5.17. The molecule has 0 aromatic heterocycles. The summed E-state index contributed by atoms with van der Waals surface area (Å²) in [5.74, 6) is -1.34. The van der Waals surface area contributed by atoms with Crippen LogP contribution in [0.15, 0.2) is 53.4 Å². The number of primary amides is 1. The van der Waals surface area contributed by atoms with Gasteiger partial charge in [0.2, 0.25) is 21.8 Å². The molecule has 0 aliphatic heterocycles. The van der Waals surface area contributed by atoms with Crippen molar-refractivity contribution in [1.29, 1.82) is 0 Å². The van der Waals surface area contributed by atoms with Crippen LogP contribution in [0.4, 0.5) is 4.39 Å². The van der Waals surface area contributed by atoms with Crippen LogP contribution in [0, 0.1) is 11.7 Å². The first-order valence-electron chi connectivity index (χ1n) is 11.1. The Morgan fingerprint density at radius 2 is 1.82 bits per heavy atom. The summed E-state index contributed by atoms with van der Waals surface area (Å²) in [4.78, 5) is 26.4. The number of carbonyl (C=O) groups excluding carboxylic acids is 2. The molecule has 7 nitrogen and oxygen atoms in total. The van der Waals surface area contributed by atoms with E-state index >= 15 is 0 Å². The molecule has 0 saturated carbocycles. The average molecular weight is 512 g/mol. The number of halogens is 2. The Hall–Kier alpha value is -2.49. The quantitative estimate of drug-likeness (QED) is 0.401. The van der Waals surface area contributed by atoms with Gasteiger partial charge in [-0.2, -0.15) is 0 Å². The first-order valence-corrected chi connectivity index (χ1v) is 12.9. The van der Waals surface area contributed by atoms with Crippen molar-refractivity contribution in [2.24, 2.45) is 11.7 Å². The predicted octanol–water partition coefficient (Wildman–Crippen LogP) is 3.51. The molecule has 0 heterocycles. The summed E-state index contributed by atoms with van der Waals surface area (Å²) in [5.41, 5.74) is 6.62. The Kier molecular flexibility index (Phi) is 10.5. The maximum atomic E-state index is 13.2. The second kappa shape index (κ2) is 12.8. The average Bonchev–Trinajstić information content (AvgIpc) is 2.76. The highest BCUT2D eigenvalue weighted by molar-refractivity contribution is 7.89. The maximum absolute atomic E-state index is 13.2. The van der Waals surface area contributed by atoms with Gasteiger partial charge in [0.25, 0.3) is 0 Å². The highest BCUT2D eigenvalue weighted by Crippen LogP contribution is 2.22. The first-order chi connectivity index (χ1) is 16.0. The largest absolute Gasteiger partial charge is 0.368 e. The Morgan fingerprint density at radius 3 is 2.41 bits per heavy atom. The van der Waals surface area contributed by atoms with Gasteiger partial charge in [0.15, 0.2) is 0 Å². The summed E-state index contributed by atoms with van der Waals surface area (Å²) in [7, 11) is -3.97. The van der Waals surface area contributed by atoms with Gasteiger partial charge < -0.3 is 10.6 Å².